The number of benzene rings is 1. The summed E-state index contributed by atoms with van der Waals surface area (Å²) < 4.78 is 25.3. The van der Waals surface area contributed by atoms with Crippen LogP contribution in [0.2, 0.25) is 0 Å². The number of rotatable bonds is 5. The molecule has 3 rings (SSSR count). The number of nitrogens with zero attached hydrogens (tertiary/aromatic N) is 2. The lowest BCUT2D eigenvalue weighted by Gasteiger charge is -2.14. The highest BCUT2D eigenvalue weighted by atomic mass is 32.2. The average molecular weight is 381 g/mol. The van der Waals surface area contributed by atoms with Crippen molar-refractivity contribution in [1.29, 1.82) is 0 Å². The van der Waals surface area contributed by atoms with Gasteiger partial charge in [-0.05, 0) is 43.9 Å². The van der Waals surface area contributed by atoms with Gasteiger partial charge < -0.3 is 0 Å². The molecule has 0 saturated heterocycles. The summed E-state index contributed by atoms with van der Waals surface area (Å²) in [6.07, 6.45) is 4.21. The zero-order chi connectivity index (χ0) is 18.0. The van der Waals surface area contributed by atoms with Gasteiger partial charge in [-0.15, -0.1) is 11.3 Å². The molecule has 0 spiro atoms. The van der Waals surface area contributed by atoms with Crippen LogP contribution in [0.3, 0.4) is 0 Å². The number of carbonyl (C=O) groups is 1. The second-order valence-corrected chi connectivity index (χ2v) is 8.69. The third kappa shape index (κ3) is 3.74. The molecular weight excluding hydrogens is 362 g/mol. The van der Waals surface area contributed by atoms with Crippen LogP contribution in [0, 0.1) is 0 Å². The molecule has 1 aromatic carbocycles. The molecule has 1 aliphatic rings. The second-order valence-electron chi connectivity index (χ2n) is 5.68. The highest BCUT2D eigenvalue weighted by Gasteiger charge is 2.22. The first-order chi connectivity index (χ1) is 11.9. The maximum Gasteiger partial charge on any atom is 0.264 e. The number of anilines is 1. The van der Waals surface area contributed by atoms with E-state index >= 15 is 0 Å². The summed E-state index contributed by atoms with van der Waals surface area (Å²) in [6.45, 7) is 0. The molecule has 0 unspecified atom stereocenters. The largest absolute Gasteiger partial charge is 0.298 e. The van der Waals surface area contributed by atoms with Gasteiger partial charge in [0.25, 0.3) is 15.9 Å². The van der Waals surface area contributed by atoms with Gasteiger partial charge in [0.1, 0.15) is 0 Å². The normalized spacial score (nSPS) is 14.4. The van der Waals surface area contributed by atoms with Crippen molar-refractivity contribution < 1.29 is 18.0 Å². The van der Waals surface area contributed by atoms with Gasteiger partial charge in [0.2, 0.25) is 0 Å². The van der Waals surface area contributed by atoms with Gasteiger partial charge in [-0.3, -0.25) is 14.9 Å². The topological polar surface area (TPSA) is 88.6 Å². The predicted octanol–water partition coefficient (Wildman–Crippen LogP) is 2.46. The van der Waals surface area contributed by atoms with Crippen molar-refractivity contribution in [1.82, 2.24) is 9.45 Å². The zero-order valence-electron chi connectivity index (χ0n) is 14.0. The van der Waals surface area contributed by atoms with E-state index in [4.69, 9.17) is 4.84 Å². The molecule has 0 fully saturated rings. The van der Waals surface area contributed by atoms with E-state index in [1.54, 1.807) is 6.07 Å². The Kier molecular flexibility index (Phi) is 5.19. The summed E-state index contributed by atoms with van der Waals surface area (Å²) in [5.41, 5.74) is 1.31. The van der Waals surface area contributed by atoms with Crippen LogP contribution in [0.25, 0.3) is 0 Å². The van der Waals surface area contributed by atoms with E-state index in [2.05, 4.69) is 10.3 Å². The van der Waals surface area contributed by atoms with Gasteiger partial charge in [-0.25, -0.2) is 13.4 Å². The number of hydrogen-bond acceptors (Lipinski definition) is 6. The summed E-state index contributed by atoms with van der Waals surface area (Å²) in [5, 5.41) is 3.32. The molecule has 0 saturated carbocycles. The van der Waals surface area contributed by atoms with Crippen LogP contribution < -0.4 is 5.32 Å². The van der Waals surface area contributed by atoms with Crippen molar-refractivity contribution in [2.45, 2.75) is 30.6 Å². The number of fused-ring (bicyclic) bond motifs is 1. The molecule has 1 heterocycles. The molecule has 0 atom stereocenters. The Morgan fingerprint density at radius 2 is 2.08 bits per heavy atom. The Balaban J connectivity index is 1.81. The Morgan fingerprint density at radius 1 is 1.32 bits per heavy atom. The fourth-order valence-electron chi connectivity index (χ4n) is 2.62. The van der Waals surface area contributed by atoms with E-state index in [-0.39, 0.29) is 16.4 Å². The fourth-order valence-corrected chi connectivity index (χ4v) is 4.68. The van der Waals surface area contributed by atoms with Crippen molar-refractivity contribution in [3.05, 3.63) is 40.4 Å². The first kappa shape index (κ1) is 18.0. The Labute approximate surface area is 150 Å². The van der Waals surface area contributed by atoms with Crippen LogP contribution in [0.1, 0.15) is 33.8 Å². The van der Waals surface area contributed by atoms with Crippen LogP contribution in [0.15, 0.2) is 29.2 Å². The number of nitrogens with one attached hydrogen (secondary N) is 1. The van der Waals surface area contributed by atoms with Gasteiger partial charge in [0.05, 0.1) is 17.7 Å². The number of carbonyl (C=O) groups excluding carboxylic acids is 1. The highest BCUT2D eigenvalue weighted by molar-refractivity contribution is 7.89. The van der Waals surface area contributed by atoms with E-state index in [1.165, 1.54) is 48.6 Å². The van der Waals surface area contributed by atoms with E-state index in [1.807, 2.05) is 0 Å². The first-order valence-electron chi connectivity index (χ1n) is 7.85. The molecule has 1 aliphatic carbocycles. The zero-order valence-corrected chi connectivity index (χ0v) is 15.6. The number of aromatic nitrogens is 1. The van der Waals surface area contributed by atoms with Crippen molar-refractivity contribution >= 4 is 32.4 Å². The third-order valence-electron chi connectivity index (χ3n) is 4.06. The minimum atomic E-state index is -3.80. The molecule has 0 radical (unpaired) electrons. The highest BCUT2D eigenvalue weighted by Crippen LogP contribution is 2.29. The van der Waals surface area contributed by atoms with Crippen LogP contribution in [-0.4, -0.2) is 37.9 Å². The molecule has 1 aromatic heterocycles. The van der Waals surface area contributed by atoms with Crippen LogP contribution in [0.4, 0.5) is 5.13 Å². The van der Waals surface area contributed by atoms with Crippen molar-refractivity contribution in [3.63, 3.8) is 0 Å². The Morgan fingerprint density at radius 3 is 2.80 bits per heavy atom. The maximum absolute atomic E-state index is 12.5. The Bertz CT molecular complexity index is 869. The van der Waals surface area contributed by atoms with Gasteiger partial charge in [0.15, 0.2) is 5.13 Å². The van der Waals surface area contributed by atoms with Crippen LogP contribution in [-0.2, 0) is 27.7 Å². The standard InChI is InChI=1S/C16H19N3O4S2/c1-19(23-2)25(21,22)12-7-5-6-11(10-12)15(20)18-16-17-13-8-3-4-9-14(13)24-16/h5-7,10H,3-4,8-9H2,1-2H3,(H,17,18,20). The summed E-state index contributed by atoms with van der Waals surface area (Å²) in [5.74, 6) is -0.386. The van der Waals surface area contributed by atoms with Crippen LogP contribution in [0.5, 0.6) is 0 Å². The average Bonchev–Trinajstić information content (AvgIpc) is 3.03. The number of hydrogen-bond donors (Lipinski definition) is 1. The number of aryl methyl sites for hydroxylation is 2. The number of sulfonamides is 1. The van der Waals surface area contributed by atoms with E-state index in [0.29, 0.717) is 5.13 Å². The minimum Gasteiger partial charge on any atom is -0.298 e. The quantitative estimate of drug-likeness (QED) is 0.804. The summed E-state index contributed by atoms with van der Waals surface area (Å²) in [6, 6.07) is 5.84. The smallest absolute Gasteiger partial charge is 0.264 e. The molecule has 2 aromatic rings. The minimum absolute atomic E-state index is 0.0112. The molecular formula is C16H19N3O4S2. The third-order valence-corrected chi connectivity index (χ3v) is 6.80. The Hall–Kier alpha value is -1.81. The first-order valence-corrected chi connectivity index (χ1v) is 10.1. The van der Waals surface area contributed by atoms with E-state index in [9.17, 15) is 13.2 Å². The summed E-state index contributed by atoms with van der Waals surface area (Å²) >= 11 is 1.49. The maximum atomic E-state index is 12.5. The van der Waals surface area contributed by atoms with Gasteiger partial charge in [0, 0.05) is 17.5 Å². The molecule has 7 nitrogen and oxygen atoms in total. The van der Waals surface area contributed by atoms with E-state index < -0.39 is 10.0 Å². The summed E-state index contributed by atoms with van der Waals surface area (Å²) in [7, 11) is -1.25. The molecule has 1 amide bonds. The van der Waals surface area contributed by atoms with Gasteiger partial charge in [-0.2, -0.15) is 0 Å². The fraction of sp³-hybridized carbons (Fsp3) is 0.375. The van der Waals surface area contributed by atoms with Crippen molar-refractivity contribution in [2.75, 3.05) is 19.5 Å². The molecule has 1 N–H and O–H groups in total. The molecule has 9 heteroatoms. The molecule has 134 valence electrons. The predicted molar refractivity (Wildman–Crippen MR) is 95.1 cm³/mol. The lowest BCUT2D eigenvalue weighted by Crippen LogP contribution is -2.26. The van der Waals surface area contributed by atoms with Crippen molar-refractivity contribution in [3.8, 4) is 0 Å². The molecule has 0 aliphatic heterocycles. The number of hydroxylamine groups is 1. The van der Waals surface area contributed by atoms with E-state index in [0.717, 1.165) is 35.8 Å². The SMILES string of the molecule is CON(C)S(=O)(=O)c1cccc(C(=O)Nc2nc3c(s2)CCCC3)c1. The van der Waals surface area contributed by atoms with Crippen molar-refractivity contribution in [2.24, 2.45) is 0 Å². The summed E-state index contributed by atoms with van der Waals surface area (Å²) in [4.78, 5) is 22.9. The molecule has 25 heavy (non-hydrogen) atoms. The lowest BCUT2D eigenvalue weighted by molar-refractivity contribution is -0.0258. The molecule has 0 bridgehead atoms. The number of amides is 1. The monoisotopic (exact) mass is 381 g/mol. The van der Waals surface area contributed by atoms with Crippen LogP contribution >= 0.6 is 11.3 Å². The second kappa shape index (κ2) is 7.20. The number of thiazole rings is 1. The van der Waals surface area contributed by atoms with Gasteiger partial charge in [-0.1, -0.05) is 10.5 Å². The lowest BCUT2D eigenvalue weighted by atomic mass is 10.0. The van der Waals surface area contributed by atoms with Gasteiger partial charge >= 0.3 is 0 Å².